The first kappa shape index (κ1) is 9.67. The minimum absolute atomic E-state index is 0.659. The lowest BCUT2D eigenvalue weighted by atomic mass is 10.6. The van der Waals surface area contributed by atoms with Crippen LogP contribution in [0.2, 0.25) is 0 Å². The number of tetrazole rings is 1. The molecule has 2 aromatic heterocycles. The molecule has 0 atom stereocenters. The molecule has 0 fully saturated rings. The first-order valence-electron chi connectivity index (χ1n) is 4.14. The lowest BCUT2D eigenvalue weighted by Crippen LogP contribution is -1.95. The van der Waals surface area contributed by atoms with E-state index in [4.69, 9.17) is 11.6 Å². The lowest BCUT2D eigenvalue weighted by Gasteiger charge is -1.97. The Morgan fingerprint density at radius 1 is 1.43 bits per heavy atom. The van der Waals surface area contributed by atoms with E-state index in [9.17, 15) is 0 Å². The molecular weight excluding hydrogens is 222 g/mol. The standard InChI is InChI=1S/C7H8ClN5S/c8-4-1-5-14-7-3-2-6-9-11-12-13(6)10-7/h2-3H,1,4-5H2. The molecule has 0 aliphatic rings. The van der Waals surface area contributed by atoms with Crippen LogP contribution in [0.3, 0.4) is 0 Å². The number of nitrogens with zero attached hydrogens (tertiary/aromatic N) is 5. The van der Waals surface area contributed by atoms with Gasteiger partial charge in [-0.15, -0.1) is 38.2 Å². The Kier molecular flexibility index (Phi) is 3.15. The van der Waals surface area contributed by atoms with Gasteiger partial charge in [-0.25, -0.2) is 0 Å². The molecule has 0 amide bonds. The molecule has 0 unspecified atom stereocenters. The second-order valence-corrected chi connectivity index (χ2v) is 4.08. The third-order valence-electron chi connectivity index (χ3n) is 1.57. The largest absolute Gasteiger partial charge is 0.200 e. The summed E-state index contributed by atoms with van der Waals surface area (Å²) in [6, 6.07) is 3.75. The van der Waals surface area contributed by atoms with Crippen molar-refractivity contribution in [3.63, 3.8) is 0 Å². The predicted octanol–water partition coefficient (Wildman–Crippen LogP) is 1.24. The van der Waals surface area contributed by atoms with E-state index in [0.29, 0.717) is 11.5 Å². The third kappa shape index (κ3) is 2.13. The van der Waals surface area contributed by atoms with E-state index < -0.39 is 0 Å². The maximum Gasteiger partial charge on any atom is 0.200 e. The molecule has 2 heterocycles. The minimum Gasteiger partial charge on any atom is -0.140 e. The van der Waals surface area contributed by atoms with E-state index >= 15 is 0 Å². The van der Waals surface area contributed by atoms with Crippen LogP contribution in [0, 0.1) is 0 Å². The van der Waals surface area contributed by atoms with Crippen LogP contribution >= 0.6 is 23.4 Å². The topological polar surface area (TPSA) is 56.0 Å². The summed E-state index contributed by atoms with van der Waals surface area (Å²) < 4.78 is 1.42. The van der Waals surface area contributed by atoms with E-state index in [1.165, 1.54) is 4.63 Å². The van der Waals surface area contributed by atoms with Gasteiger partial charge in [0.15, 0.2) is 5.65 Å². The molecule has 14 heavy (non-hydrogen) atoms. The van der Waals surface area contributed by atoms with Crippen molar-refractivity contribution in [3.05, 3.63) is 12.1 Å². The van der Waals surface area contributed by atoms with Crippen LogP contribution in [0.1, 0.15) is 6.42 Å². The highest BCUT2D eigenvalue weighted by atomic mass is 35.5. The summed E-state index contributed by atoms with van der Waals surface area (Å²) in [5, 5.41) is 16.1. The summed E-state index contributed by atoms with van der Waals surface area (Å²) in [6.45, 7) is 0. The lowest BCUT2D eigenvalue weighted by molar-refractivity contribution is 0.702. The second kappa shape index (κ2) is 4.56. The molecule has 0 aliphatic heterocycles. The average Bonchev–Trinajstić information content (AvgIpc) is 2.65. The number of hydrogen-bond acceptors (Lipinski definition) is 5. The van der Waals surface area contributed by atoms with Crippen molar-refractivity contribution in [3.8, 4) is 0 Å². The van der Waals surface area contributed by atoms with Gasteiger partial charge in [0.25, 0.3) is 0 Å². The molecule has 7 heteroatoms. The number of fused-ring (bicyclic) bond motifs is 1. The predicted molar refractivity (Wildman–Crippen MR) is 54.6 cm³/mol. The van der Waals surface area contributed by atoms with Gasteiger partial charge in [0.1, 0.15) is 5.03 Å². The van der Waals surface area contributed by atoms with Crippen molar-refractivity contribution < 1.29 is 0 Å². The van der Waals surface area contributed by atoms with Crippen LogP contribution in [-0.4, -0.2) is 36.9 Å². The first-order chi connectivity index (χ1) is 6.90. The molecule has 0 aromatic carbocycles. The van der Waals surface area contributed by atoms with Crippen molar-refractivity contribution in [2.45, 2.75) is 11.4 Å². The molecule has 2 rings (SSSR count). The monoisotopic (exact) mass is 229 g/mol. The summed E-state index contributed by atoms with van der Waals surface area (Å²) >= 11 is 7.23. The Balaban J connectivity index is 2.10. The van der Waals surface area contributed by atoms with Crippen molar-refractivity contribution in [1.29, 1.82) is 0 Å². The highest BCUT2D eigenvalue weighted by Crippen LogP contribution is 2.15. The van der Waals surface area contributed by atoms with Crippen LogP contribution in [0.25, 0.3) is 5.65 Å². The van der Waals surface area contributed by atoms with Crippen molar-refractivity contribution >= 4 is 29.0 Å². The van der Waals surface area contributed by atoms with E-state index in [1.807, 2.05) is 12.1 Å². The molecule has 5 nitrogen and oxygen atoms in total. The van der Waals surface area contributed by atoms with E-state index in [-0.39, 0.29) is 0 Å². The maximum absolute atomic E-state index is 5.57. The van der Waals surface area contributed by atoms with Gasteiger partial charge < -0.3 is 0 Å². The molecule has 0 N–H and O–H groups in total. The normalized spacial score (nSPS) is 10.9. The second-order valence-electron chi connectivity index (χ2n) is 2.59. The fourth-order valence-electron chi connectivity index (χ4n) is 0.942. The number of thioether (sulfide) groups is 1. The highest BCUT2D eigenvalue weighted by molar-refractivity contribution is 7.99. The minimum atomic E-state index is 0.659. The van der Waals surface area contributed by atoms with Crippen molar-refractivity contribution in [2.24, 2.45) is 0 Å². The van der Waals surface area contributed by atoms with Crippen LogP contribution in [-0.2, 0) is 0 Å². The molecule has 0 saturated heterocycles. The van der Waals surface area contributed by atoms with Crippen molar-refractivity contribution in [2.75, 3.05) is 11.6 Å². The molecule has 0 radical (unpaired) electrons. The average molecular weight is 230 g/mol. The van der Waals surface area contributed by atoms with Gasteiger partial charge in [0.05, 0.1) is 0 Å². The smallest absolute Gasteiger partial charge is 0.140 e. The molecule has 74 valence electrons. The van der Waals surface area contributed by atoms with Gasteiger partial charge in [-0.05, 0) is 29.0 Å². The Labute approximate surface area is 89.8 Å². The van der Waals surface area contributed by atoms with Gasteiger partial charge in [-0.2, -0.15) is 0 Å². The molecule has 0 saturated carbocycles. The number of alkyl halides is 1. The van der Waals surface area contributed by atoms with Gasteiger partial charge in [-0.1, -0.05) is 0 Å². The van der Waals surface area contributed by atoms with E-state index in [0.717, 1.165) is 17.2 Å². The van der Waals surface area contributed by atoms with Crippen LogP contribution < -0.4 is 0 Å². The zero-order valence-corrected chi connectivity index (χ0v) is 8.87. The Morgan fingerprint density at radius 2 is 2.36 bits per heavy atom. The molecular formula is C7H8ClN5S. The maximum atomic E-state index is 5.57. The van der Waals surface area contributed by atoms with Crippen molar-refractivity contribution in [1.82, 2.24) is 25.3 Å². The SMILES string of the molecule is ClCCCSc1ccc2nnnn2n1. The molecule has 2 aromatic rings. The summed E-state index contributed by atoms with van der Waals surface area (Å²) in [5.74, 6) is 1.64. The quantitative estimate of drug-likeness (QED) is 0.449. The van der Waals surface area contributed by atoms with Gasteiger partial charge in [0.2, 0.25) is 0 Å². The Bertz CT molecular complexity index is 417. The van der Waals surface area contributed by atoms with E-state index in [2.05, 4.69) is 20.6 Å². The zero-order valence-electron chi connectivity index (χ0n) is 7.30. The zero-order chi connectivity index (χ0) is 9.80. The first-order valence-corrected chi connectivity index (χ1v) is 5.66. The van der Waals surface area contributed by atoms with Gasteiger partial charge >= 0.3 is 0 Å². The number of halogens is 1. The summed E-state index contributed by atoms with van der Waals surface area (Å²) in [5.41, 5.74) is 0.659. The highest BCUT2D eigenvalue weighted by Gasteiger charge is 2.00. The molecule has 0 aliphatic carbocycles. The third-order valence-corrected chi connectivity index (χ3v) is 2.85. The van der Waals surface area contributed by atoms with Gasteiger partial charge in [0, 0.05) is 11.6 Å². The number of aromatic nitrogens is 5. The van der Waals surface area contributed by atoms with Crippen LogP contribution in [0.4, 0.5) is 0 Å². The molecule has 0 bridgehead atoms. The Hall–Kier alpha value is -0.880. The van der Waals surface area contributed by atoms with Crippen LogP contribution in [0.15, 0.2) is 17.2 Å². The van der Waals surface area contributed by atoms with E-state index in [1.54, 1.807) is 11.8 Å². The fraction of sp³-hybridized carbons (Fsp3) is 0.429. The van der Waals surface area contributed by atoms with Gasteiger partial charge in [-0.3, -0.25) is 0 Å². The summed E-state index contributed by atoms with van der Waals surface area (Å²) in [4.78, 5) is 0. The molecule has 0 spiro atoms. The number of rotatable bonds is 4. The summed E-state index contributed by atoms with van der Waals surface area (Å²) in [6.07, 6.45) is 0.974. The Morgan fingerprint density at radius 3 is 3.21 bits per heavy atom. The summed E-state index contributed by atoms with van der Waals surface area (Å²) in [7, 11) is 0. The van der Waals surface area contributed by atoms with Crippen LogP contribution in [0.5, 0.6) is 0 Å². The number of hydrogen-bond donors (Lipinski definition) is 0. The fourth-order valence-corrected chi connectivity index (χ4v) is 2.03.